The third-order valence-corrected chi connectivity index (χ3v) is 8.88. The van der Waals surface area contributed by atoms with Gasteiger partial charge in [-0.2, -0.15) is 0 Å². The van der Waals surface area contributed by atoms with E-state index in [0.717, 1.165) is 0 Å². The molecule has 0 aromatic heterocycles. The summed E-state index contributed by atoms with van der Waals surface area (Å²) in [5.41, 5.74) is 0. The van der Waals surface area contributed by atoms with Crippen LogP contribution in [0.3, 0.4) is 0 Å². The first-order chi connectivity index (χ1) is 20.7. The molecular weight excluding hydrogens is 1340 g/mol. The van der Waals surface area contributed by atoms with Gasteiger partial charge in [-0.15, -0.1) is 0 Å². The van der Waals surface area contributed by atoms with Gasteiger partial charge >= 0.3 is 325 Å². The average molecular weight is 1370 g/mol. The quantitative estimate of drug-likeness (QED) is 0.0506. The van der Waals surface area contributed by atoms with E-state index in [9.17, 15) is 38.4 Å². The van der Waals surface area contributed by atoms with E-state index in [1.807, 2.05) is 21.7 Å². The summed E-state index contributed by atoms with van der Waals surface area (Å²) in [6, 6.07) is 0. The number of carbonyl (C=O) groups is 8. The molecule has 0 saturated carbocycles. The van der Waals surface area contributed by atoms with Crippen LogP contribution in [0.2, 0.25) is 0 Å². The van der Waals surface area contributed by atoms with E-state index in [-0.39, 0.29) is 170 Å². The van der Waals surface area contributed by atoms with Gasteiger partial charge in [-0.3, -0.25) is 0 Å². The molecule has 0 bridgehead atoms. The van der Waals surface area contributed by atoms with Crippen LogP contribution >= 0.6 is 0 Å². The van der Waals surface area contributed by atoms with Crippen molar-refractivity contribution in [1.82, 2.24) is 14.7 Å². The van der Waals surface area contributed by atoms with Gasteiger partial charge in [-0.05, 0) is 0 Å². The number of hydrogen-bond acceptors (Lipinski definition) is 15. The van der Waals surface area contributed by atoms with Crippen LogP contribution in [0.4, 0.5) is 0 Å². The second-order valence-corrected chi connectivity index (χ2v) is 22.0. The summed E-state index contributed by atoms with van der Waals surface area (Å²) in [5, 5.41) is 0. The van der Waals surface area contributed by atoms with Gasteiger partial charge in [-0.25, -0.2) is 0 Å². The van der Waals surface area contributed by atoms with Gasteiger partial charge in [0.15, 0.2) is 0 Å². The monoisotopic (exact) mass is 1380 g/mol. The van der Waals surface area contributed by atoms with Gasteiger partial charge in [0, 0.05) is 0 Å². The third-order valence-electron chi connectivity index (χ3n) is 5.70. The molecule has 0 heterocycles. The summed E-state index contributed by atoms with van der Waals surface area (Å²) in [5.74, 6) is -2.01. The molecule has 0 radical (unpaired) electrons. The molecule has 19 heteroatoms. The van der Waals surface area contributed by atoms with Crippen LogP contribution in [0, 0.1) is 0 Å². The molecule has 15 nitrogen and oxygen atoms in total. The van der Waals surface area contributed by atoms with Crippen molar-refractivity contribution in [1.29, 1.82) is 0 Å². The molecule has 44 heavy (non-hydrogen) atoms. The number of likely N-dealkylation sites (N-methyl/N-ethyl adjacent to an activating group) is 1. The van der Waals surface area contributed by atoms with Gasteiger partial charge in [0.05, 0.1) is 0 Å². The number of ether oxygens (including phenoxy) is 4. The van der Waals surface area contributed by atoms with Crippen molar-refractivity contribution < 1.29 is 162 Å². The molecule has 230 valence electrons. The molecule has 0 aliphatic rings. The predicted molar refractivity (Wildman–Crippen MR) is 133 cm³/mol. The van der Waals surface area contributed by atoms with Crippen molar-refractivity contribution in [2.24, 2.45) is 0 Å². The molecule has 0 rings (SSSR count). The first kappa shape index (κ1) is 44.2. The number of carbonyl (C=O) groups excluding carboxylic acids is 8. The van der Waals surface area contributed by atoms with E-state index in [1.54, 1.807) is 0 Å². The van der Waals surface area contributed by atoms with Gasteiger partial charge in [0.25, 0.3) is 0 Å². The van der Waals surface area contributed by atoms with Crippen LogP contribution in [-0.2, 0) is 162 Å². The van der Waals surface area contributed by atoms with Crippen LogP contribution < -0.4 is 0 Å². The van der Waals surface area contributed by atoms with Crippen LogP contribution in [-0.4, -0.2) is 138 Å². The maximum atomic E-state index is 12.0. The van der Waals surface area contributed by atoms with Crippen LogP contribution in [0.1, 0.15) is 25.7 Å². The Bertz CT molecular complexity index is 857. The summed E-state index contributed by atoms with van der Waals surface area (Å²) in [6.45, 7) is 2.44. The fourth-order valence-corrected chi connectivity index (χ4v) is 4.92. The molecule has 0 aromatic rings. The molecular formula is C25H35Hg4N3O12. The van der Waals surface area contributed by atoms with E-state index in [4.69, 9.17) is 18.9 Å². The number of hydrogen-bond donors (Lipinski definition) is 0. The third kappa shape index (κ3) is 28.4. The second kappa shape index (κ2) is 27.2. The zero-order valence-corrected chi connectivity index (χ0v) is 47.4. The first-order valence-corrected chi connectivity index (χ1v) is 24.8. The zero-order chi connectivity index (χ0) is 33.5. The van der Waals surface area contributed by atoms with Crippen molar-refractivity contribution in [2.75, 3.05) is 85.8 Å². The molecule has 0 atom stereocenters. The van der Waals surface area contributed by atoms with E-state index in [0.29, 0.717) is 52.4 Å². The maximum absolute atomic E-state index is 12.0. The fraction of sp³-hybridized carbons (Fsp3) is 0.680. The average Bonchev–Trinajstić information content (AvgIpc) is 2.95. The van der Waals surface area contributed by atoms with Crippen LogP contribution in [0.25, 0.3) is 0 Å². The summed E-state index contributed by atoms with van der Waals surface area (Å²) >= 11 is -0.465. The summed E-state index contributed by atoms with van der Waals surface area (Å²) in [6.07, 6.45) is 0.169. The van der Waals surface area contributed by atoms with Gasteiger partial charge < -0.3 is 0 Å². The van der Waals surface area contributed by atoms with Gasteiger partial charge in [0.2, 0.25) is 0 Å². The Morgan fingerprint density at radius 1 is 0.409 bits per heavy atom. The molecule has 0 N–H and O–H groups in total. The topological polar surface area (TPSA) is 183 Å². The van der Waals surface area contributed by atoms with Crippen molar-refractivity contribution >= 4 is 37.0 Å². The molecule has 0 amide bonds. The van der Waals surface area contributed by atoms with Crippen LogP contribution in [0.5, 0.6) is 0 Å². The van der Waals surface area contributed by atoms with Crippen LogP contribution in [0.15, 0.2) is 0 Å². The number of nitrogens with zero attached hydrogens (tertiary/aromatic N) is 3. The minimum atomic E-state index is -0.502. The Morgan fingerprint density at radius 3 is 0.841 bits per heavy atom. The molecule has 0 aliphatic carbocycles. The molecule has 0 unspecified atom stereocenters. The van der Waals surface area contributed by atoms with Crippen molar-refractivity contribution in [3.05, 3.63) is 0 Å². The zero-order valence-electron chi connectivity index (χ0n) is 25.4. The van der Waals surface area contributed by atoms with E-state index >= 15 is 0 Å². The van der Waals surface area contributed by atoms with E-state index < -0.39 is 23.9 Å². The van der Waals surface area contributed by atoms with E-state index in [1.165, 1.54) is 0 Å². The Labute approximate surface area is 321 Å². The number of rotatable bonds is 26. The molecule has 0 spiro atoms. The van der Waals surface area contributed by atoms with Crippen molar-refractivity contribution in [2.45, 2.75) is 25.7 Å². The van der Waals surface area contributed by atoms with Gasteiger partial charge in [-0.1, -0.05) is 0 Å². The summed E-state index contributed by atoms with van der Waals surface area (Å²) in [7, 11) is 1.88. The Kier molecular flexibility index (Phi) is 27.3. The molecule has 0 fully saturated rings. The first-order valence-electron chi connectivity index (χ1n) is 13.8. The Balaban J connectivity index is 5.05. The predicted octanol–water partition coefficient (Wildman–Crippen LogP) is -2.45. The van der Waals surface area contributed by atoms with E-state index in [2.05, 4.69) is 0 Å². The number of esters is 4. The standard InChI is InChI=1S/C25H35N3O12.4Hg/c1-26(10-12-27(6-2-22(33)37-18-14-29)7-3-23(34)38-19-15-30)11-13-28(8-4-24(35)39-20-16-31)9-5-25(36)40-21-17-32;;;;/h2-13,18-21H2,1H3;;;;. The Morgan fingerprint density at radius 2 is 0.636 bits per heavy atom. The van der Waals surface area contributed by atoms with Crippen molar-refractivity contribution in [3.8, 4) is 0 Å². The van der Waals surface area contributed by atoms with Crippen molar-refractivity contribution in [3.63, 3.8) is 0 Å². The minimum absolute atomic E-state index is 0.0421. The normalized spacial score (nSPS) is 11.0. The summed E-state index contributed by atoms with van der Waals surface area (Å²) in [4.78, 5) is 98.6. The fourth-order valence-electron chi connectivity index (χ4n) is 3.34. The SMILES string of the molecule is CN(CCN(CCC(=O)OC[C](=O)[Hg])CCC(=O)OC[C](=O)[Hg])CCN(CCC(=O)OC[C](=O)[Hg])CCC(=O)OC[C](=O)[Hg]. The Hall–Kier alpha value is 0.180. The van der Waals surface area contributed by atoms with Gasteiger partial charge in [0.1, 0.15) is 0 Å². The summed E-state index contributed by atoms with van der Waals surface area (Å²) < 4.78 is 19.6. The molecule has 0 saturated heterocycles. The molecule has 0 aliphatic heterocycles. The second-order valence-electron chi connectivity index (χ2n) is 9.78. The molecule has 0 aromatic carbocycles.